The summed E-state index contributed by atoms with van der Waals surface area (Å²) >= 11 is 12.2. The van der Waals surface area contributed by atoms with Crippen LogP contribution in [0.3, 0.4) is 0 Å². The highest BCUT2D eigenvalue weighted by Gasteiger charge is 2.11. The van der Waals surface area contributed by atoms with Crippen LogP contribution in [0, 0.1) is 23.2 Å². The van der Waals surface area contributed by atoms with E-state index in [2.05, 4.69) is 28.2 Å². The van der Waals surface area contributed by atoms with Gasteiger partial charge in [-0.05, 0) is 50.5 Å². The summed E-state index contributed by atoms with van der Waals surface area (Å²) < 4.78 is 0. The van der Waals surface area contributed by atoms with Crippen LogP contribution in [0.15, 0.2) is 42.6 Å². The van der Waals surface area contributed by atoms with Gasteiger partial charge >= 0.3 is 0 Å². The molecule has 1 aromatic heterocycles. The van der Waals surface area contributed by atoms with Crippen molar-refractivity contribution < 1.29 is 0 Å². The van der Waals surface area contributed by atoms with Crippen LogP contribution < -0.4 is 5.32 Å². The lowest BCUT2D eigenvalue weighted by atomic mass is 10.1. The van der Waals surface area contributed by atoms with Crippen LogP contribution in [0.5, 0.6) is 0 Å². The molecule has 2 aromatic carbocycles. The molecule has 6 heteroatoms. The zero-order valence-electron chi connectivity index (χ0n) is 14.8. The molecular formula is C21H16Cl2N4. The Morgan fingerprint density at radius 2 is 1.96 bits per heavy atom. The third kappa shape index (κ3) is 4.51. The highest BCUT2D eigenvalue weighted by molar-refractivity contribution is 6.36. The normalized spacial score (nSPS) is 10.4. The van der Waals surface area contributed by atoms with Gasteiger partial charge in [-0.2, -0.15) is 5.26 Å². The average molecular weight is 395 g/mol. The lowest BCUT2D eigenvalue weighted by Crippen LogP contribution is -2.10. The van der Waals surface area contributed by atoms with Crippen molar-refractivity contribution in [3.8, 4) is 17.9 Å². The number of aromatic nitrogens is 1. The number of rotatable bonds is 3. The Kier molecular flexibility index (Phi) is 5.84. The predicted molar refractivity (Wildman–Crippen MR) is 112 cm³/mol. The van der Waals surface area contributed by atoms with Gasteiger partial charge < -0.3 is 5.32 Å². The van der Waals surface area contributed by atoms with Crippen LogP contribution in [0.1, 0.15) is 11.1 Å². The highest BCUT2D eigenvalue weighted by Crippen LogP contribution is 2.33. The maximum Gasteiger partial charge on any atom is 0.103 e. The summed E-state index contributed by atoms with van der Waals surface area (Å²) in [5.41, 5.74) is 3.37. The Bertz CT molecular complexity index is 1100. The Morgan fingerprint density at radius 1 is 1.15 bits per heavy atom. The molecule has 0 unspecified atom stereocenters. The lowest BCUT2D eigenvalue weighted by molar-refractivity contribution is 0.464. The molecule has 27 heavy (non-hydrogen) atoms. The standard InChI is InChI=1S/C21H16Cl2N4/c1-27(2)9-3-4-14-5-7-17-20(10-14)25-13-15(12-24)21(17)26-19-8-6-16(22)11-18(19)23/h5-8,10-11,13H,9H2,1-2H3,(H,25,26). The van der Waals surface area contributed by atoms with Crippen molar-refractivity contribution in [1.82, 2.24) is 9.88 Å². The van der Waals surface area contributed by atoms with Crippen molar-refractivity contribution in [2.24, 2.45) is 0 Å². The molecule has 3 rings (SSSR count). The molecule has 0 bridgehead atoms. The second-order valence-corrected chi connectivity index (χ2v) is 7.02. The largest absolute Gasteiger partial charge is 0.353 e. The number of benzene rings is 2. The van der Waals surface area contributed by atoms with Gasteiger partial charge in [0, 0.05) is 22.2 Å². The van der Waals surface area contributed by atoms with Crippen molar-refractivity contribution in [2.75, 3.05) is 26.0 Å². The molecule has 0 amide bonds. The molecule has 0 aliphatic rings. The molecule has 0 aliphatic carbocycles. The maximum atomic E-state index is 9.48. The van der Waals surface area contributed by atoms with Gasteiger partial charge in [0.25, 0.3) is 0 Å². The minimum atomic E-state index is 0.431. The molecule has 0 atom stereocenters. The van der Waals surface area contributed by atoms with E-state index in [1.807, 2.05) is 37.2 Å². The molecule has 0 spiro atoms. The van der Waals surface area contributed by atoms with Gasteiger partial charge in [-0.1, -0.05) is 35.0 Å². The van der Waals surface area contributed by atoms with E-state index in [0.29, 0.717) is 33.5 Å². The number of nitrogens with zero attached hydrogens (tertiary/aromatic N) is 3. The van der Waals surface area contributed by atoms with Crippen LogP contribution in [0.2, 0.25) is 10.0 Å². The van der Waals surface area contributed by atoms with Gasteiger partial charge in [-0.3, -0.25) is 9.88 Å². The third-order valence-corrected chi connectivity index (χ3v) is 4.36. The molecular weight excluding hydrogens is 379 g/mol. The topological polar surface area (TPSA) is 52.0 Å². The SMILES string of the molecule is CN(C)CC#Cc1ccc2c(Nc3ccc(Cl)cc3Cl)c(C#N)cnc2c1. The van der Waals surface area contributed by atoms with E-state index in [9.17, 15) is 5.26 Å². The number of halogens is 2. The van der Waals surface area contributed by atoms with Gasteiger partial charge in [0.1, 0.15) is 6.07 Å². The van der Waals surface area contributed by atoms with E-state index >= 15 is 0 Å². The second kappa shape index (κ2) is 8.29. The maximum absolute atomic E-state index is 9.48. The smallest absolute Gasteiger partial charge is 0.103 e. The molecule has 0 saturated carbocycles. The van der Waals surface area contributed by atoms with E-state index < -0.39 is 0 Å². The summed E-state index contributed by atoms with van der Waals surface area (Å²) in [7, 11) is 3.94. The first-order valence-electron chi connectivity index (χ1n) is 8.16. The van der Waals surface area contributed by atoms with Crippen LogP contribution in [-0.2, 0) is 0 Å². The van der Waals surface area contributed by atoms with Crippen LogP contribution in [-0.4, -0.2) is 30.5 Å². The van der Waals surface area contributed by atoms with Gasteiger partial charge in [-0.15, -0.1) is 0 Å². The zero-order valence-corrected chi connectivity index (χ0v) is 16.4. The summed E-state index contributed by atoms with van der Waals surface area (Å²) in [5, 5.41) is 14.6. The number of nitriles is 1. The summed E-state index contributed by atoms with van der Waals surface area (Å²) in [4.78, 5) is 6.40. The van der Waals surface area contributed by atoms with Gasteiger partial charge in [0.05, 0.1) is 34.0 Å². The van der Waals surface area contributed by atoms with E-state index in [1.54, 1.807) is 24.4 Å². The van der Waals surface area contributed by atoms with Crippen LogP contribution in [0.25, 0.3) is 10.9 Å². The van der Waals surface area contributed by atoms with Crippen molar-refractivity contribution in [3.05, 3.63) is 63.8 Å². The monoisotopic (exact) mass is 394 g/mol. The summed E-state index contributed by atoms with van der Waals surface area (Å²) in [6.07, 6.45) is 1.55. The fourth-order valence-corrected chi connectivity index (χ4v) is 2.97. The average Bonchev–Trinajstić information content (AvgIpc) is 2.63. The second-order valence-electron chi connectivity index (χ2n) is 6.18. The predicted octanol–water partition coefficient (Wildman–Crippen LogP) is 5.07. The number of anilines is 2. The van der Waals surface area contributed by atoms with E-state index in [0.717, 1.165) is 16.5 Å². The summed E-state index contributed by atoms with van der Waals surface area (Å²) in [6.45, 7) is 0.681. The molecule has 4 nitrogen and oxygen atoms in total. The molecule has 0 radical (unpaired) electrons. The molecule has 3 aromatic rings. The van der Waals surface area contributed by atoms with Crippen molar-refractivity contribution >= 4 is 45.5 Å². The van der Waals surface area contributed by atoms with E-state index in [1.165, 1.54) is 0 Å². The van der Waals surface area contributed by atoms with Gasteiger partial charge in [0.15, 0.2) is 0 Å². The summed E-state index contributed by atoms with van der Waals surface area (Å²) in [5.74, 6) is 6.23. The quantitative estimate of drug-likeness (QED) is 0.629. The first kappa shape index (κ1) is 19.0. The Morgan fingerprint density at radius 3 is 2.67 bits per heavy atom. The molecule has 0 aliphatic heterocycles. The number of nitrogens with one attached hydrogen (secondary N) is 1. The third-order valence-electron chi connectivity index (χ3n) is 3.81. The van der Waals surface area contributed by atoms with Gasteiger partial charge in [-0.25, -0.2) is 0 Å². The van der Waals surface area contributed by atoms with Crippen molar-refractivity contribution in [1.29, 1.82) is 5.26 Å². The first-order valence-corrected chi connectivity index (χ1v) is 8.92. The van der Waals surface area contributed by atoms with Gasteiger partial charge in [0.2, 0.25) is 0 Å². The number of hydrogen-bond acceptors (Lipinski definition) is 4. The van der Waals surface area contributed by atoms with Crippen molar-refractivity contribution in [2.45, 2.75) is 0 Å². The molecule has 0 fully saturated rings. The first-order chi connectivity index (χ1) is 13.0. The molecule has 1 N–H and O–H groups in total. The number of fused-ring (bicyclic) bond motifs is 1. The van der Waals surface area contributed by atoms with Crippen LogP contribution >= 0.6 is 23.2 Å². The number of pyridine rings is 1. The highest BCUT2D eigenvalue weighted by atomic mass is 35.5. The fourth-order valence-electron chi connectivity index (χ4n) is 2.52. The minimum absolute atomic E-state index is 0.431. The molecule has 0 saturated heterocycles. The minimum Gasteiger partial charge on any atom is -0.353 e. The van der Waals surface area contributed by atoms with E-state index in [4.69, 9.17) is 23.2 Å². The lowest BCUT2D eigenvalue weighted by Gasteiger charge is -2.13. The Hall–Kier alpha value is -2.76. The number of hydrogen-bond donors (Lipinski definition) is 1. The Balaban J connectivity index is 2.05. The van der Waals surface area contributed by atoms with Crippen molar-refractivity contribution in [3.63, 3.8) is 0 Å². The Labute approximate surface area is 168 Å². The summed E-state index contributed by atoms with van der Waals surface area (Å²) in [6, 6.07) is 13.1. The molecule has 134 valence electrons. The van der Waals surface area contributed by atoms with E-state index in [-0.39, 0.29) is 0 Å². The zero-order chi connectivity index (χ0) is 19.4. The van der Waals surface area contributed by atoms with Crippen LogP contribution in [0.4, 0.5) is 11.4 Å². The fraction of sp³-hybridized carbons (Fsp3) is 0.143. The molecule has 1 heterocycles.